The summed E-state index contributed by atoms with van der Waals surface area (Å²) >= 11 is 14.1. The predicted molar refractivity (Wildman–Crippen MR) is 150 cm³/mol. The number of hydrogen-bond acceptors (Lipinski definition) is 6. The maximum Gasteiger partial charge on any atom is 0.328 e. The quantitative estimate of drug-likeness (QED) is 0.229. The number of H-pyrrole nitrogens is 1. The molecule has 38 heavy (non-hydrogen) atoms. The molecule has 1 unspecified atom stereocenters. The number of halogens is 2. The summed E-state index contributed by atoms with van der Waals surface area (Å²) in [5.74, 6) is -0.686. The number of amides is 2. The van der Waals surface area contributed by atoms with E-state index in [1.165, 1.54) is 24.9 Å². The van der Waals surface area contributed by atoms with E-state index in [1.54, 1.807) is 11.0 Å². The molecular weight excluding hydrogens is 547 g/mol. The zero-order valence-electron chi connectivity index (χ0n) is 21.0. The normalized spacial score (nSPS) is 15.1. The Morgan fingerprint density at radius 3 is 2.61 bits per heavy atom. The lowest BCUT2D eigenvalue weighted by molar-refractivity contribution is -0.145. The molecule has 3 aromatic rings. The Morgan fingerprint density at radius 2 is 1.92 bits per heavy atom. The van der Waals surface area contributed by atoms with Crippen molar-refractivity contribution in [1.29, 1.82) is 0 Å². The molecule has 2 heterocycles. The van der Waals surface area contributed by atoms with Crippen molar-refractivity contribution in [3.8, 4) is 0 Å². The second-order valence-electron chi connectivity index (χ2n) is 8.91. The Morgan fingerprint density at radius 1 is 1.18 bits per heavy atom. The van der Waals surface area contributed by atoms with E-state index in [9.17, 15) is 14.4 Å². The smallest absolute Gasteiger partial charge is 0.328 e. The van der Waals surface area contributed by atoms with Crippen LogP contribution in [0.25, 0.3) is 17.1 Å². The van der Waals surface area contributed by atoms with Crippen LogP contribution in [0.3, 0.4) is 0 Å². The van der Waals surface area contributed by atoms with Crippen LogP contribution in [0.5, 0.6) is 0 Å². The van der Waals surface area contributed by atoms with Gasteiger partial charge in [0, 0.05) is 36.4 Å². The number of likely N-dealkylation sites (tertiary alicyclic amines) is 1. The number of para-hydroxylation sites is 2. The summed E-state index contributed by atoms with van der Waals surface area (Å²) in [5, 5.41) is 3.69. The van der Waals surface area contributed by atoms with Crippen LogP contribution in [0.15, 0.2) is 47.4 Å². The van der Waals surface area contributed by atoms with Gasteiger partial charge in [0.15, 0.2) is 0 Å². The molecule has 11 heteroatoms. The van der Waals surface area contributed by atoms with Crippen LogP contribution in [-0.4, -0.2) is 65.1 Å². The fraction of sp³-hybridized carbons (Fsp3) is 0.333. The number of thioether (sulfide) groups is 1. The summed E-state index contributed by atoms with van der Waals surface area (Å²) < 4.78 is 4.91. The molecule has 0 bridgehead atoms. The fourth-order valence-electron chi connectivity index (χ4n) is 4.38. The second-order valence-corrected chi connectivity index (χ2v) is 10.5. The third kappa shape index (κ3) is 6.51. The lowest BCUT2D eigenvalue weighted by atomic mass is 9.95. The van der Waals surface area contributed by atoms with Gasteiger partial charge in [-0.15, -0.1) is 11.8 Å². The molecule has 1 saturated heterocycles. The van der Waals surface area contributed by atoms with Gasteiger partial charge >= 0.3 is 5.97 Å². The molecule has 200 valence electrons. The first-order valence-corrected chi connectivity index (χ1v) is 14.1. The number of aromatic nitrogens is 2. The van der Waals surface area contributed by atoms with E-state index in [0.29, 0.717) is 47.4 Å². The van der Waals surface area contributed by atoms with Crippen LogP contribution in [0.2, 0.25) is 10.0 Å². The molecule has 0 spiro atoms. The number of nitrogens with zero attached hydrogens (tertiary/aromatic N) is 2. The Bertz CT molecular complexity index is 1340. The molecule has 2 N–H and O–H groups in total. The first-order valence-electron chi connectivity index (χ1n) is 12.1. The third-order valence-corrected chi connectivity index (χ3v) is 8.31. The number of rotatable bonds is 8. The second kappa shape index (κ2) is 12.7. The van der Waals surface area contributed by atoms with Crippen LogP contribution in [-0.2, 0) is 25.5 Å². The molecule has 1 aliphatic rings. The molecule has 1 aliphatic heterocycles. The van der Waals surface area contributed by atoms with Gasteiger partial charge in [-0.2, -0.15) is 0 Å². The van der Waals surface area contributed by atoms with E-state index in [0.717, 1.165) is 15.9 Å². The van der Waals surface area contributed by atoms with Crippen molar-refractivity contribution in [3.05, 3.63) is 63.9 Å². The van der Waals surface area contributed by atoms with Gasteiger partial charge in [0.25, 0.3) is 0 Å². The molecular formula is C27H28Cl2N4O4S. The molecule has 8 nitrogen and oxygen atoms in total. The van der Waals surface area contributed by atoms with E-state index in [2.05, 4.69) is 15.3 Å². The highest BCUT2D eigenvalue weighted by atomic mass is 35.5. The van der Waals surface area contributed by atoms with Crippen molar-refractivity contribution in [2.45, 2.75) is 30.2 Å². The monoisotopic (exact) mass is 574 g/mol. The Labute approximate surface area is 235 Å². The first-order chi connectivity index (χ1) is 18.3. The van der Waals surface area contributed by atoms with Gasteiger partial charge < -0.3 is 19.9 Å². The number of carbonyl (C=O) groups excluding carboxylic acids is 3. The molecule has 1 atom stereocenters. The SMILES string of the molecule is COC(=O)C(Cc1nc2ccccc2[nH]1)NC(=O)C1CCN(C(=O)C=Cc2ccc(SC)c(Cl)c2Cl)CC1. The molecule has 1 aromatic heterocycles. The Kier molecular flexibility index (Phi) is 9.35. The van der Waals surface area contributed by atoms with E-state index >= 15 is 0 Å². The molecule has 2 aromatic carbocycles. The maximum atomic E-state index is 13.0. The van der Waals surface area contributed by atoms with Crippen LogP contribution in [0.1, 0.15) is 24.2 Å². The van der Waals surface area contributed by atoms with E-state index in [4.69, 9.17) is 27.9 Å². The maximum absolute atomic E-state index is 13.0. The average Bonchev–Trinajstić information content (AvgIpc) is 3.35. The van der Waals surface area contributed by atoms with Gasteiger partial charge in [0.2, 0.25) is 11.8 Å². The topological polar surface area (TPSA) is 104 Å². The number of fused-ring (bicyclic) bond motifs is 1. The fourth-order valence-corrected chi connectivity index (χ4v) is 5.56. The number of carbonyl (C=O) groups is 3. The van der Waals surface area contributed by atoms with E-state index in [1.807, 2.05) is 42.7 Å². The molecule has 4 rings (SSSR count). The molecule has 1 fully saturated rings. The lowest BCUT2D eigenvalue weighted by Gasteiger charge is -2.31. The summed E-state index contributed by atoms with van der Waals surface area (Å²) in [6.45, 7) is 0.848. The van der Waals surface area contributed by atoms with Crippen molar-refractivity contribution >= 4 is 69.9 Å². The zero-order chi connectivity index (χ0) is 27.2. The third-order valence-electron chi connectivity index (χ3n) is 6.52. The summed E-state index contributed by atoms with van der Waals surface area (Å²) in [4.78, 5) is 48.4. The highest BCUT2D eigenvalue weighted by Crippen LogP contribution is 2.35. The number of benzene rings is 2. The van der Waals surface area contributed by atoms with Gasteiger partial charge in [-0.25, -0.2) is 9.78 Å². The van der Waals surface area contributed by atoms with Gasteiger partial charge in [-0.05, 0) is 48.9 Å². The van der Waals surface area contributed by atoms with Crippen molar-refractivity contribution in [2.24, 2.45) is 5.92 Å². The number of ether oxygens (including phenoxy) is 1. The van der Waals surface area contributed by atoms with Crippen LogP contribution in [0, 0.1) is 5.92 Å². The number of methoxy groups -OCH3 is 1. The highest BCUT2D eigenvalue weighted by molar-refractivity contribution is 7.98. The van der Waals surface area contributed by atoms with Crippen molar-refractivity contribution < 1.29 is 19.1 Å². The number of imidazole rings is 1. The van der Waals surface area contributed by atoms with Gasteiger partial charge in [0.05, 0.1) is 28.2 Å². The van der Waals surface area contributed by atoms with Crippen molar-refractivity contribution in [3.63, 3.8) is 0 Å². The van der Waals surface area contributed by atoms with E-state index < -0.39 is 12.0 Å². The average molecular weight is 576 g/mol. The van der Waals surface area contributed by atoms with Crippen molar-refractivity contribution in [2.75, 3.05) is 26.5 Å². The number of nitrogens with one attached hydrogen (secondary N) is 2. The Balaban J connectivity index is 1.33. The molecule has 0 radical (unpaired) electrons. The largest absolute Gasteiger partial charge is 0.467 e. The molecule has 2 amide bonds. The number of aromatic amines is 1. The van der Waals surface area contributed by atoms with E-state index in [-0.39, 0.29) is 24.2 Å². The highest BCUT2D eigenvalue weighted by Gasteiger charge is 2.30. The zero-order valence-corrected chi connectivity index (χ0v) is 23.3. The molecule has 0 saturated carbocycles. The minimum absolute atomic E-state index is 0.165. The Hall–Kier alpha value is -3.01. The van der Waals surface area contributed by atoms with Crippen LogP contribution >= 0.6 is 35.0 Å². The summed E-state index contributed by atoms with van der Waals surface area (Å²) in [6, 6.07) is 10.4. The van der Waals surface area contributed by atoms with Gasteiger partial charge in [-0.3, -0.25) is 9.59 Å². The minimum atomic E-state index is -0.871. The van der Waals surface area contributed by atoms with Gasteiger partial charge in [-0.1, -0.05) is 41.4 Å². The standard InChI is InChI=1S/C27H28Cl2N4O4S/c1-37-27(36)20(15-22-30-18-5-3-4-6-19(18)31-22)32-26(35)17-11-13-33(14-12-17)23(34)10-8-16-7-9-21(38-2)25(29)24(16)28/h3-10,17,20H,11-15H2,1-2H3,(H,30,31)(H,32,35). The predicted octanol–water partition coefficient (Wildman–Crippen LogP) is 4.74. The summed E-state index contributed by atoms with van der Waals surface area (Å²) in [7, 11) is 1.29. The van der Waals surface area contributed by atoms with Crippen LogP contribution < -0.4 is 5.32 Å². The number of esters is 1. The number of piperidine rings is 1. The number of hydrogen-bond donors (Lipinski definition) is 2. The first kappa shape index (κ1) is 28.0. The lowest BCUT2D eigenvalue weighted by Crippen LogP contribution is -2.48. The summed E-state index contributed by atoms with van der Waals surface area (Å²) in [5.41, 5.74) is 2.30. The van der Waals surface area contributed by atoms with Crippen molar-refractivity contribution in [1.82, 2.24) is 20.2 Å². The summed E-state index contributed by atoms with van der Waals surface area (Å²) in [6.07, 6.45) is 6.18. The minimum Gasteiger partial charge on any atom is -0.467 e. The molecule has 0 aliphatic carbocycles. The van der Waals surface area contributed by atoms with Gasteiger partial charge in [0.1, 0.15) is 11.9 Å². The van der Waals surface area contributed by atoms with Crippen LogP contribution in [0.4, 0.5) is 0 Å².